The van der Waals surface area contributed by atoms with Crippen molar-refractivity contribution in [2.75, 3.05) is 46.7 Å². The van der Waals surface area contributed by atoms with E-state index in [4.69, 9.17) is 14.2 Å². The molecule has 1 atom stereocenters. The maximum absolute atomic E-state index is 5.53. The summed E-state index contributed by atoms with van der Waals surface area (Å²) in [5.74, 6) is 0. The van der Waals surface area contributed by atoms with Gasteiger partial charge in [0.25, 0.3) is 0 Å². The van der Waals surface area contributed by atoms with Gasteiger partial charge in [-0.05, 0) is 25.8 Å². The van der Waals surface area contributed by atoms with Crippen LogP contribution in [0, 0.1) is 0 Å². The first-order valence-corrected chi connectivity index (χ1v) is 7.22. The number of ether oxygens (including phenoxy) is 3. The van der Waals surface area contributed by atoms with E-state index in [1.807, 2.05) is 0 Å². The Labute approximate surface area is 112 Å². The number of methoxy groups -OCH3 is 1. The van der Waals surface area contributed by atoms with E-state index in [0.717, 1.165) is 19.6 Å². The first-order chi connectivity index (χ1) is 8.85. The van der Waals surface area contributed by atoms with Crippen molar-refractivity contribution in [3.63, 3.8) is 0 Å². The molecule has 1 N–H and O–H groups in total. The molecule has 0 aromatic rings. The van der Waals surface area contributed by atoms with Gasteiger partial charge in [-0.25, -0.2) is 0 Å². The third kappa shape index (κ3) is 12.3. The summed E-state index contributed by atoms with van der Waals surface area (Å²) >= 11 is 0. The fourth-order valence-electron chi connectivity index (χ4n) is 1.88. The maximum atomic E-state index is 5.53. The molecule has 4 heteroatoms. The molecule has 0 aliphatic carbocycles. The first-order valence-electron chi connectivity index (χ1n) is 7.22. The second kappa shape index (κ2) is 14.9. The molecule has 0 aromatic carbocycles. The first kappa shape index (κ1) is 17.8. The van der Waals surface area contributed by atoms with Crippen LogP contribution in [0.5, 0.6) is 0 Å². The zero-order valence-corrected chi connectivity index (χ0v) is 12.4. The fourth-order valence-corrected chi connectivity index (χ4v) is 1.88. The average Bonchev–Trinajstić information content (AvgIpc) is 2.37. The van der Waals surface area contributed by atoms with E-state index in [1.54, 1.807) is 7.11 Å². The Morgan fingerprint density at radius 3 is 2.17 bits per heavy atom. The molecule has 0 aliphatic rings. The predicted octanol–water partition coefficient (Wildman–Crippen LogP) is 2.22. The van der Waals surface area contributed by atoms with Crippen LogP contribution in [0.15, 0.2) is 0 Å². The second-order valence-electron chi connectivity index (χ2n) is 4.40. The second-order valence-corrected chi connectivity index (χ2v) is 4.40. The van der Waals surface area contributed by atoms with Gasteiger partial charge in [-0.15, -0.1) is 0 Å². The number of hydrogen-bond acceptors (Lipinski definition) is 4. The fraction of sp³-hybridized carbons (Fsp3) is 1.00. The molecule has 0 saturated heterocycles. The van der Waals surface area contributed by atoms with E-state index in [1.165, 1.54) is 19.3 Å². The standard InChI is InChI=1S/C14H31NO3/c1-4-7-14(15-5-2)8-6-9-17-12-13-18-11-10-16-3/h14-15H,4-13H2,1-3H3. The smallest absolute Gasteiger partial charge is 0.0701 e. The highest BCUT2D eigenvalue weighted by Gasteiger charge is 2.04. The third-order valence-corrected chi connectivity index (χ3v) is 2.78. The van der Waals surface area contributed by atoms with Crippen molar-refractivity contribution in [2.45, 2.75) is 45.6 Å². The van der Waals surface area contributed by atoms with Crippen LogP contribution in [0.3, 0.4) is 0 Å². The van der Waals surface area contributed by atoms with Gasteiger partial charge in [-0.3, -0.25) is 0 Å². The van der Waals surface area contributed by atoms with Crippen LogP contribution in [0.2, 0.25) is 0 Å². The molecule has 110 valence electrons. The van der Waals surface area contributed by atoms with Gasteiger partial charge in [0.05, 0.1) is 26.4 Å². The molecule has 0 aromatic heterocycles. The van der Waals surface area contributed by atoms with Gasteiger partial charge in [-0.1, -0.05) is 20.3 Å². The van der Waals surface area contributed by atoms with Crippen LogP contribution >= 0.6 is 0 Å². The SMILES string of the molecule is CCCC(CCCOCCOCCOC)NCC. The molecule has 0 radical (unpaired) electrons. The Kier molecular flexibility index (Phi) is 14.8. The van der Waals surface area contributed by atoms with Gasteiger partial charge in [0.2, 0.25) is 0 Å². The Hall–Kier alpha value is -0.160. The van der Waals surface area contributed by atoms with Crippen molar-refractivity contribution in [1.82, 2.24) is 5.32 Å². The molecular formula is C14H31NO3. The van der Waals surface area contributed by atoms with E-state index in [2.05, 4.69) is 19.2 Å². The van der Waals surface area contributed by atoms with Gasteiger partial charge in [0, 0.05) is 19.8 Å². The highest BCUT2D eigenvalue weighted by Crippen LogP contribution is 2.04. The Morgan fingerprint density at radius 2 is 1.56 bits per heavy atom. The average molecular weight is 261 g/mol. The molecule has 0 heterocycles. The summed E-state index contributed by atoms with van der Waals surface area (Å²) in [5, 5.41) is 3.51. The molecule has 0 spiro atoms. The van der Waals surface area contributed by atoms with Crippen LogP contribution in [-0.4, -0.2) is 52.7 Å². The van der Waals surface area contributed by atoms with E-state index < -0.39 is 0 Å². The van der Waals surface area contributed by atoms with Crippen LogP contribution in [0.1, 0.15) is 39.5 Å². The molecule has 0 bridgehead atoms. The molecular weight excluding hydrogens is 230 g/mol. The normalized spacial score (nSPS) is 12.8. The summed E-state index contributed by atoms with van der Waals surface area (Å²) < 4.78 is 15.7. The molecule has 0 amide bonds. The van der Waals surface area contributed by atoms with Crippen LogP contribution in [-0.2, 0) is 14.2 Å². The maximum Gasteiger partial charge on any atom is 0.0701 e. The molecule has 0 aliphatic heterocycles. The van der Waals surface area contributed by atoms with E-state index in [-0.39, 0.29) is 0 Å². The van der Waals surface area contributed by atoms with Crippen molar-refractivity contribution >= 4 is 0 Å². The van der Waals surface area contributed by atoms with E-state index in [0.29, 0.717) is 32.5 Å². The van der Waals surface area contributed by atoms with Crippen molar-refractivity contribution in [2.24, 2.45) is 0 Å². The number of nitrogens with one attached hydrogen (secondary N) is 1. The van der Waals surface area contributed by atoms with Crippen molar-refractivity contribution in [1.29, 1.82) is 0 Å². The van der Waals surface area contributed by atoms with Crippen LogP contribution in [0.4, 0.5) is 0 Å². The van der Waals surface area contributed by atoms with Gasteiger partial charge in [-0.2, -0.15) is 0 Å². The Bertz CT molecular complexity index is 150. The van der Waals surface area contributed by atoms with E-state index in [9.17, 15) is 0 Å². The molecule has 0 rings (SSSR count). The van der Waals surface area contributed by atoms with Crippen LogP contribution in [0.25, 0.3) is 0 Å². The Morgan fingerprint density at radius 1 is 0.889 bits per heavy atom. The number of rotatable bonds is 14. The largest absolute Gasteiger partial charge is 0.382 e. The highest BCUT2D eigenvalue weighted by molar-refractivity contribution is 4.64. The summed E-state index contributed by atoms with van der Waals surface area (Å²) in [6, 6.07) is 0.654. The minimum absolute atomic E-state index is 0.652. The topological polar surface area (TPSA) is 39.7 Å². The lowest BCUT2D eigenvalue weighted by Gasteiger charge is -2.16. The third-order valence-electron chi connectivity index (χ3n) is 2.78. The summed E-state index contributed by atoms with van der Waals surface area (Å²) in [6.07, 6.45) is 4.82. The van der Waals surface area contributed by atoms with Crippen LogP contribution < -0.4 is 5.32 Å². The van der Waals surface area contributed by atoms with Gasteiger partial charge >= 0.3 is 0 Å². The van der Waals surface area contributed by atoms with Crippen molar-refractivity contribution < 1.29 is 14.2 Å². The van der Waals surface area contributed by atoms with Crippen molar-refractivity contribution in [3.05, 3.63) is 0 Å². The lowest BCUT2D eigenvalue weighted by atomic mass is 10.1. The Balaban J connectivity index is 3.21. The summed E-state index contributed by atoms with van der Waals surface area (Å²) in [5.41, 5.74) is 0. The lowest BCUT2D eigenvalue weighted by molar-refractivity contribution is 0.0236. The zero-order chi connectivity index (χ0) is 13.5. The highest BCUT2D eigenvalue weighted by atomic mass is 16.5. The minimum atomic E-state index is 0.652. The molecule has 0 fully saturated rings. The van der Waals surface area contributed by atoms with Gasteiger partial charge in [0.1, 0.15) is 0 Å². The van der Waals surface area contributed by atoms with Crippen molar-refractivity contribution in [3.8, 4) is 0 Å². The van der Waals surface area contributed by atoms with Gasteiger partial charge in [0.15, 0.2) is 0 Å². The zero-order valence-electron chi connectivity index (χ0n) is 12.4. The predicted molar refractivity (Wildman–Crippen MR) is 75.1 cm³/mol. The monoisotopic (exact) mass is 261 g/mol. The molecule has 18 heavy (non-hydrogen) atoms. The molecule has 0 saturated carbocycles. The molecule has 1 unspecified atom stereocenters. The quantitative estimate of drug-likeness (QED) is 0.487. The summed E-state index contributed by atoms with van der Waals surface area (Å²) in [7, 11) is 1.68. The van der Waals surface area contributed by atoms with Gasteiger partial charge < -0.3 is 19.5 Å². The summed E-state index contributed by atoms with van der Waals surface area (Å²) in [6.45, 7) is 8.94. The summed E-state index contributed by atoms with van der Waals surface area (Å²) in [4.78, 5) is 0. The van der Waals surface area contributed by atoms with E-state index >= 15 is 0 Å². The number of hydrogen-bond donors (Lipinski definition) is 1. The molecule has 4 nitrogen and oxygen atoms in total. The lowest BCUT2D eigenvalue weighted by Crippen LogP contribution is -2.28. The minimum Gasteiger partial charge on any atom is -0.382 e.